The van der Waals surface area contributed by atoms with Crippen LogP contribution in [0, 0.1) is 5.92 Å². The van der Waals surface area contributed by atoms with E-state index < -0.39 is 6.04 Å². The van der Waals surface area contributed by atoms with Crippen molar-refractivity contribution in [3.8, 4) is 0 Å². The van der Waals surface area contributed by atoms with Gasteiger partial charge in [0.1, 0.15) is 6.04 Å². The van der Waals surface area contributed by atoms with Crippen LogP contribution in [-0.2, 0) is 16.0 Å². The summed E-state index contributed by atoms with van der Waals surface area (Å²) in [6.07, 6.45) is 1.39. The van der Waals surface area contributed by atoms with E-state index in [9.17, 15) is 9.59 Å². The number of hydrogen-bond acceptors (Lipinski definition) is 3. The van der Waals surface area contributed by atoms with E-state index in [1.54, 1.807) is 0 Å². The molecule has 2 N–H and O–H groups in total. The fourth-order valence-electron chi connectivity index (χ4n) is 3.41. The van der Waals surface area contributed by atoms with Gasteiger partial charge in [0.2, 0.25) is 11.8 Å². The number of amides is 2. The van der Waals surface area contributed by atoms with Crippen LogP contribution in [0.5, 0.6) is 0 Å². The number of nitrogens with one attached hydrogen (secondary N) is 2. The molecule has 0 spiro atoms. The number of hydrogen-bond donors (Lipinski definition) is 2. The van der Waals surface area contributed by atoms with Gasteiger partial charge in [-0.25, -0.2) is 0 Å². The minimum atomic E-state index is -0.706. The second kappa shape index (κ2) is 11.5. The van der Waals surface area contributed by atoms with Gasteiger partial charge < -0.3 is 15.5 Å². The molecular formula is C25H35N3O2. The number of nitrogens with zero attached hydrogens (tertiary/aromatic N) is 1. The molecular weight excluding hydrogens is 374 g/mol. The molecule has 5 heteroatoms. The smallest absolute Gasteiger partial charge is 0.247 e. The fraction of sp³-hybridized carbons (Fsp3) is 0.440. The van der Waals surface area contributed by atoms with Gasteiger partial charge in [0.05, 0.1) is 6.04 Å². The van der Waals surface area contributed by atoms with E-state index in [1.165, 1.54) is 5.56 Å². The topological polar surface area (TPSA) is 61.4 Å². The lowest BCUT2D eigenvalue weighted by Gasteiger charge is -2.27. The van der Waals surface area contributed by atoms with Crippen molar-refractivity contribution in [3.05, 3.63) is 71.3 Å². The van der Waals surface area contributed by atoms with Gasteiger partial charge >= 0.3 is 0 Å². The Morgan fingerprint density at radius 2 is 1.57 bits per heavy atom. The van der Waals surface area contributed by atoms with Crippen molar-refractivity contribution >= 4 is 11.8 Å². The lowest BCUT2D eigenvalue weighted by molar-refractivity contribution is -0.129. The summed E-state index contributed by atoms with van der Waals surface area (Å²) in [7, 11) is 4.01. The molecule has 0 saturated heterocycles. The van der Waals surface area contributed by atoms with Crippen LogP contribution in [0.2, 0.25) is 0 Å². The van der Waals surface area contributed by atoms with E-state index in [1.807, 2.05) is 58.3 Å². The van der Waals surface area contributed by atoms with Crippen LogP contribution in [0.4, 0.5) is 0 Å². The molecule has 2 aromatic rings. The monoisotopic (exact) mass is 409 g/mol. The van der Waals surface area contributed by atoms with Gasteiger partial charge in [-0.1, -0.05) is 75.4 Å². The number of benzene rings is 2. The van der Waals surface area contributed by atoms with Crippen molar-refractivity contribution in [2.75, 3.05) is 20.6 Å². The molecule has 0 saturated carbocycles. The quantitative estimate of drug-likeness (QED) is 0.626. The van der Waals surface area contributed by atoms with Crippen molar-refractivity contribution in [1.29, 1.82) is 0 Å². The zero-order valence-electron chi connectivity index (χ0n) is 18.8. The lowest BCUT2D eigenvalue weighted by atomic mass is 10.0. The molecule has 162 valence electrons. The van der Waals surface area contributed by atoms with E-state index in [0.29, 0.717) is 13.0 Å². The Bertz CT molecular complexity index is 801. The molecule has 0 aliphatic heterocycles. The second-order valence-electron chi connectivity index (χ2n) is 8.33. The minimum Gasteiger partial charge on any atom is -0.352 e. The molecule has 0 aromatic heterocycles. The summed E-state index contributed by atoms with van der Waals surface area (Å²) < 4.78 is 0. The number of carbonyl (C=O) groups is 2. The molecule has 5 nitrogen and oxygen atoms in total. The molecule has 0 heterocycles. The highest BCUT2D eigenvalue weighted by molar-refractivity contribution is 5.88. The molecule has 2 unspecified atom stereocenters. The van der Waals surface area contributed by atoms with Crippen LogP contribution < -0.4 is 10.6 Å². The second-order valence-corrected chi connectivity index (χ2v) is 8.33. The molecule has 0 fully saturated rings. The molecule has 2 atom stereocenters. The van der Waals surface area contributed by atoms with Crippen molar-refractivity contribution in [2.45, 2.75) is 45.7 Å². The van der Waals surface area contributed by atoms with E-state index >= 15 is 0 Å². The number of aryl methyl sites for hydroxylation is 1. The third-order valence-electron chi connectivity index (χ3n) is 5.16. The summed E-state index contributed by atoms with van der Waals surface area (Å²) in [4.78, 5) is 27.5. The molecule has 2 aromatic carbocycles. The van der Waals surface area contributed by atoms with Gasteiger partial charge in [0.15, 0.2) is 0 Å². The van der Waals surface area contributed by atoms with E-state index in [4.69, 9.17) is 0 Å². The molecule has 30 heavy (non-hydrogen) atoms. The maximum Gasteiger partial charge on any atom is 0.247 e. The Hall–Kier alpha value is -2.66. The van der Waals surface area contributed by atoms with Gasteiger partial charge in [0.25, 0.3) is 0 Å². The van der Waals surface area contributed by atoms with Crippen LogP contribution in [0.1, 0.15) is 56.0 Å². The third-order valence-corrected chi connectivity index (χ3v) is 5.16. The molecule has 2 amide bonds. The highest BCUT2D eigenvalue weighted by Gasteiger charge is 2.24. The maximum atomic E-state index is 13.1. The van der Waals surface area contributed by atoms with Crippen molar-refractivity contribution in [3.63, 3.8) is 0 Å². The first-order chi connectivity index (χ1) is 14.3. The SMILES string of the molecule is CCc1ccc(C(CNC(=O)C(NC(=O)CC(C)C)c2ccccc2)N(C)C)cc1. The summed E-state index contributed by atoms with van der Waals surface area (Å²) >= 11 is 0. The van der Waals surface area contributed by atoms with Crippen LogP contribution in [0.3, 0.4) is 0 Å². The maximum absolute atomic E-state index is 13.1. The Morgan fingerprint density at radius 3 is 2.10 bits per heavy atom. The predicted octanol–water partition coefficient (Wildman–Crippen LogP) is 3.87. The normalized spacial score (nSPS) is 13.2. The molecule has 2 rings (SSSR count). The van der Waals surface area contributed by atoms with Gasteiger partial charge in [0, 0.05) is 13.0 Å². The minimum absolute atomic E-state index is 0.0441. The van der Waals surface area contributed by atoms with Crippen LogP contribution in [0.15, 0.2) is 54.6 Å². The van der Waals surface area contributed by atoms with Crippen LogP contribution in [-0.4, -0.2) is 37.4 Å². The average Bonchev–Trinajstić information content (AvgIpc) is 2.72. The van der Waals surface area contributed by atoms with Gasteiger partial charge in [-0.2, -0.15) is 0 Å². The standard InChI is InChI=1S/C25H35N3O2/c1-6-19-12-14-20(15-13-19)22(28(4)5)17-26-25(30)24(21-10-8-7-9-11-21)27-23(29)16-18(2)3/h7-15,18,22,24H,6,16-17H2,1-5H3,(H,26,30)(H,27,29). The van der Waals surface area contributed by atoms with Crippen LogP contribution >= 0.6 is 0 Å². The third kappa shape index (κ3) is 6.99. The Labute approximate surface area is 180 Å². The van der Waals surface area contributed by atoms with Gasteiger partial charge in [-0.05, 0) is 43.1 Å². The molecule has 0 aliphatic rings. The van der Waals surface area contributed by atoms with E-state index in [0.717, 1.165) is 17.5 Å². The van der Waals surface area contributed by atoms with Crippen molar-refractivity contribution in [1.82, 2.24) is 15.5 Å². The zero-order chi connectivity index (χ0) is 22.1. The summed E-state index contributed by atoms with van der Waals surface area (Å²) in [6.45, 7) is 6.57. The largest absolute Gasteiger partial charge is 0.352 e. The first kappa shape index (κ1) is 23.6. The molecule has 0 radical (unpaired) electrons. The van der Waals surface area contributed by atoms with Crippen molar-refractivity contribution < 1.29 is 9.59 Å². The summed E-state index contributed by atoms with van der Waals surface area (Å²) in [5.41, 5.74) is 3.22. The Balaban J connectivity index is 2.13. The zero-order valence-corrected chi connectivity index (χ0v) is 18.8. The summed E-state index contributed by atoms with van der Waals surface area (Å²) in [5, 5.41) is 5.96. The first-order valence-electron chi connectivity index (χ1n) is 10.7. The molecule has 0 aliphatic carbocycles. The van der Waals surface area contributed by atoms with E-state index in [-0.39, 0.29) is 23.8 Å². The molecule has 0 bridgehead atoms. The summed E-state index contributed by atoms with van der Waals surface area (Å²) in [6, 6.07) is 17.2. The van der Waals surface area contributed by atoms with E-state index in [2.05, 4.69) is 46.7 Å². The van der Waals surface area contributed by atoms with Crippen LogP contribution in [0.25, 0.3) is 0 Å². The van der Waals surface area contributed by atoms with Gasteiger partial charge in [-0.3, -0.25) is 9.59 Å². The predicted molar refractivity (Wildman–Crippen MR) is 122 cm³/mol. The highest BCUT2D eigenvalue weighted by Crippen LogP contribution is 2.20. The van der Waals surface area contributed by atoms with Crippen molar-refractivity contribution in [2.24, 2.45) is 5.92 Å². The fourth-order valence-corrected chi connectivity index (χ4v) is 3.41. The number of rotatable bonds is 10. The Kier molecular flexibility index (Phi) is 9.06. The average molecular weight is 410 g/mol. The lowest BCUT2D eigenvalue weighted by Crippen LogP contribution is -2.43. The highest BCUT2D eigenvalue weighted by atomic mass is 16.2. The summed E-state index contributed by atoms with van der Waals surface area (Å²) in [5.74, 6) is -0.0858. The van der Waals surface area contributed by atoms with Gasteiger partial charge in [-0.15, -0.1) is 0 Å². The Morgan fingerprint density at radius 1 is 0.933 bits per heavy atom. The number of likely N-dealkylation sites (N-methyl/N-ethyl adjacent to an activating group) is 1. The number of carbonyl (C=O) groups excluding carboxylic acids is 2. The first-order valence-corrected chi connectivity index (χ1v) is 10.7.